The molecular weight excluding hydrogens is 316 g/mol. The summed E-state index contributed by atoms with van der Waals surface area (Å²) < 4.78 is 37.0. The molecule has 3 rings (SSSR count). The number of para-hydroxylation sites is 2. The van der Waals surface area contributed by atoms with Gasteiger partial charge < -0.3 is 14.1 Å². The molecule has 0 unspecified atom stereocenters. The standard InChI is InChI=1S/C16H20N2O4S/c1-21-16-6-3-2-5-15(16)17-8-4-9-18(11-10-17)23(19,20)14-7-12-22-13-14/h2-3,5-7,12-13H,4,8-11H2,1H3. The van der Waals surface area contributed by atoms with E-state index in [9.17, 15) is 8.42 Å². The molecule has 0 saturated carbocycles. The Morgan fingerprint density at radius 2 is 1.91 bits per heavy atom. The van der Waals surface area contributed by atoms with Crippen molar-refractivity contribution in [3.63, 3.8) is 0 Å². The Morgan fingerprint density at radius 1 is 1.09 bits per heavy atom. The van der Waals surface area contributed by atoms with Crippen LogP contribution < -0.4 is 9.64 Å². The normalized spacial score (nSPS) is 17.0. The van der Waals surface area contributed by atoms with Crippen LogP contribution in [0.1, 0.15) is 6.42 Å². The summed E-state index contributed by atoms with van der Waals surface area (Å²) in [5.41, 5.74) is 0.998. The summed E-state index contributed by atoms with van der Waals surface area (Å²) in [5.74, 6) is 0.804. The topological polar surface area (TPSA) is 63.0 Å². The van der Waals surface area contributed by atoms with E-state index in [1.807, 2.05) is 24.3 Å². The van der Waals surface area contributed by atoms with Gasteiger partial charge in [-0.3, -0.25) is 0 Å². The quantitative estimate of drug-likeness (QED) is 0.856. The maximum absolute atomic E-state index is 12.6. The lowest BCUT2D eigenvalue weighted by atomic mass is 10.2. The Morgan fingerprint density at radius 3 is 2.65 bits per heavy atom. The lowest BCUT2D eigenvalue weighted by molar-refractivity contribution is 0.414. The molecule has 1 aliphatic rings. The molecule has 0 amide bonds. The first-order valence-electron chi connectivity index (χ1n) is 7.53. The van der Waals surface area contributed by atoms with Crippen molar-refractivity contribution in [2.24, 2.45) is 0 Å². The Balaban J connectivity index is 1.78. The van der Waals surface area contributed by atoms with Crippen LogP contribution in [0.2, 0.25) is 0 Å². The fourth-order valence-electron chi connectivity index (χ4n) is 2.81. The highest BCUT2D eigenvalue weighted by atomic mass is 32.2. The third-order valence-electron chi connectivity index (χ3n) is 4.01. The van der Waals surface area contributed by atoms with Crippen molar-refractivity contribution in [2.75, 3.05) is 38.2 Å². The molecule has 0 bridgehead atoms. The molecule has 1 aromatic heterocycles. The van der Waals surface area contributed by atoms with Crippen LogP contribution in [0.15, 0.2) is 52.2 Å². The van der Waals surface area contributed by atoms with Gasteiger partial charge in [-0.1, -0.05) is 12.1 Å². The Labute approximate surface area is 136 Å². The minimum Gasteiger partial charge on any atom is -0.495 e. The van der Waals surface area contributed by atoms with Gasteiger partial charge in [0.25, 0.3) is 0 Å². The number of ether oxygens (including phenoxy) is 1. The van der Waals surface area contributed by atoms with E-state index in [0.29, 0.717) is 19.6 Å². The van der Waals surface area contributed by atoms with E-state index in [4.69, 9.17) is 9.15 Å². The van der Waals surface area contributed by atoms with Gasteiger partial charge in [0.05, 0.1) is 19.1 Å². The van der Waals surface area contributed by atoms with Crippen molar-refractivity contribution in [3.8, 4) is 5.75 Å². The number of furan rings is 1. The lowest BCUT2D eigenvalue weighted by Gasteiger charge is -2.25. The van der Waals surface area contributed by atoms with Gasteiger partial charge in [0, 0.05) is 26.2 Å². The van der Waals surface area contributed by atoms with Crippen LogP contribution in [0, 0.1) is 0 Å². The summed E-state index contributed by atoms with van der Waals surface area (Å²) in [5, 5.41) is 0. The number of sulfonamides is 1. The van der Waals surface area contributed by atoms with E-state index in [1.165, 1.54) is 22.9 Å². The Kier molecular flexibility index (Phi) is 4.58. The molecule has 0 atom stereocenters. The molecule has 2 heterocycles. The zero-order chi connectivity index (χ0) is 16.3. The lowest BCUT2D eigenvalue weighted by Crippen LogP contribution is -2.35. The van der Waals surface area contributed by atoms with E-state index in [1.54, 1.807) is 7.11 Å². The van der Waals surface area contributed by atoms with Gasteiger partial charge in [-0.05, 0) is 24.6 Å². The number of nitrogens with zero attached hydrogens (tertiary/aromatic N) is 2. The molecule has 7 heteroatoms. The second-order valence-corrected chi connectivity index (χ2v) is 7.31. The molecule has 0 N–H and O–H groups in total. The summed E-state index contributed by atoms with van der Waals surface area (Å²) in [4.78, 5) is 2.38. The number of rotatable bonds is 4. The van der Waals surface area contributed by atoms with Gasteiger partial charge in [-0.25, -0.2) is 8.42 Å². The summed E-state index contributed by atoms with van der Waals surface area (Å²) >= 11 is 0. The number of hydrogen-bond donors (Lipinski definition) is 0. The molecule has 23 heavy (non-hydrogen) atoms. The highest BCUT2D eigenvalue weighted by Gasteiger charge is 2.28. The molecule has 1 aromatic carbocycles. The molecule has 0 aliphatic carbocycles. The van der Waals surface area contributed by atoms with Gasteiger partial charge in [0.15, 0.2) is 0 Å². The van der Waals surface area contributed by atoms with Crippen molar-refractivity contribution in [3.05, 3.63) is 42.9 Å². The first-order chi connectivity index (χ1) is 11.1. The summed E-state index contributed by atoms with van der Waals surface area (Å²) in [6.07, 6.45) is 3.42. The van der Waals surface area contributed by atoms with Crippen LogP contribution in [-0.4, -0.2) is 46.0 Å². The number of methoxy groups -OCH3 is 1. The third kappa shape index (κ3) is 3.20. The van der Waals surface area contributed by atoms with E-state index >= 15 is 0 Å². The number of benzene rings is 1. The predicted octanol–water partition coefficient (Wildman–Crippen LogP) is 2.19. The van der Waals surface area contributed by atoms with Crippen molar-refractivity contribution < 1.29 is 17.6 Å². The average molecular weight is 336 g/mol. The highest BCUT2D eigenvalue weighted by Crippen LogP contribution is 2.29. The van der Waals surface area contributed by atoms with Crippen LogP contribution in [-0.2, 0) is 10.0 Å². The monoisotopic (exact) mass is 336 g/mol. The SMILES string of the molecule is COc1ccccc1N1CCCN(S(=O)(=O)c2ccoc2)CC1. The smallest absolute Gasteiger partial charge is 0.246 e. The molecular formula is C16H20N2O4S. The minimum atomic E-state index is -3.48. The first kappa shape index (κ1) is 15.9. The molecule has 2 aromatic rings. The molecule has 1 aliphatic heterocycles. The molecule has 0 spiro atoms. The maximum atomic E-state index is 12.6. The molecule has 0 radical (unpaired) electrons. The van der Waals surface area contributed by atoms with E-state index in [-0.39, 0.29) is 4.90 Å². The third-order valence-corrected chi connectivity index (χ3v) is 5.89. The van der Waals surface area contributed by atoms with Gasteiger partial charge >= 0.3 is 0 Å². The van der Waals surface area contributed by atoms with Crippen molar-refractivity contribution >= 4 is 15.7 Å². The predicted molar refractivity (Wildman–Crippen MR) is 87.3 cm³/mol. The fourth-order valence-corrected chi connectivity index (χ4v) is 4.21. The van der Waals surface area contributed by atoms with Gasteiger partial charge in [-0.15, -0.1) is 0 Å². The van der Waals surface area contributed by atoms with Crippen LogP contribution in [0.5, 0.6) is 5.75 Å². The maximum Gasteiger partial charge on any atom is 0.246 e. The fraction of sp³-hybridized carbons (Fsp3) is 0.375. The average Bonchev–Trinajstić information content (AvgIpc) is 3.00. The zero-order valence-electron chi connectivity index (χ0n) is 13.0. The van der Waals surface area contributed by atoms with Crippen molar-refractivity contribution in [2.45, 2.75) is 11.3 Å². The van der Waals surface area contributed by atoms with E-state index < -0.39 is 10.0 Å². The first-order valence-corrected chi connectivity index (χ1v) is 8.97. The molecule has 6 nitrogen and oxygen atoms in total. The number of hydrogen-bond acceptors (Lipinski definition) is 5. The van der Waals surface area contributed by atoms with Gasteiger partial charge in [0.1, 0.15) is 16.9 Å². The second-order valence-electron chi connectivity index (χ2n) is 5.38. The highest BCUT2D eigenvalue weighted by molar-refractivity contribution is 7.89. The Hall–Kier alpha value is -1.99. The molecule has 124 valence electrons. The summed E-state index contributed by atoms with van der Waals surface area (Å²) in [6.45, 7) is 2.35. The zero-order valence-corrected chi connectivity index (χ0v) is 13.8. The second kappa shape index (κ2) is 6.64. The van der Waals surface area contributed by atoms with Crippen molar-refractivity contribution in [1.29, 1.82) is 0 Å². The van der Waals surface area contributed by atoms with Crippen LogP contribution >= 0.6 is 0 Å². The number of anilines is 1. The van der Waals surface area contributed by atoms with Crippen LogP contribution in [0.3, 0.4) is 0 Å². The van der Waals surface area contributed by atoms with Gasteiger partial charge in [-0.2, -0.15) is 4.31 Å². The summed E-state index contributed by atoms with van der Waals surface area (Å²) in [6, 6.07) is 9.29. The van der Waals surface area contributed by atoms with Gasteiger partial charge in [0.2, 0.25) is 10.0 Å². The van der Waals surface area contributed by atoms with Crippen molar-refractivity contribution in [1.82, 2.24) is 4.31 Å². The van der Waals surface area contributed by atoms with E-state index in [0.717, 1.165) is 24.4 Å². The minimum absolute atomic E-state index is 0.211. The molecule has 1 saturated heterocycles. The van der Waals surface area contributed by atoms with Crippen LogP contribution in [0.25, 0.3) is 0 Å². The molecule has 1 fully saturated rings. The van der Waals surface area contributed by atoms with Crippen LogP contribution in [0.4, 0.5) is 5.69 Å². The largest absolute Gasteiger partial charge is 0.495 e. The Bertz CT molecular complexity index is 743. The summed E-state index contributed by atoms with van der Waals surface area (Å²) in [7, 11) is -1.84. The van der Waals surface area contributed by atoms with E-state index in [2.05, 4.69) is 4.90 Å².